The van der Waals surface area contributed by atoms with E-state index in [9.17, 15) is 0 Å². The molecule has 0 aliphatic carbocycles. The molecule has 25 heavy (non-hydrogen) atoms. The van der Waals surface area contributed by atoms with Gasteiger partial charge in [0.1, 0.15) is 5.71 Å². The lowest BCUT2D eigenvalue weighted by atomic mass is 9.98. The average Bonchev–Trinajstić information content (AvgIpc) is 2.88. The number of nitrogens with zero attached hydrogens (tertiary/aromatic N) is 3. The smallest absolute Gasteiger partial charge is 0.154 e. The normalized spacial score (nSPS) is 13.2. The SMILES string of the molecule is CCc1ccc2c(c1)C(c1ccncc1)=NNC(c1ccccc1)=N2. The summed E-state index contributed by atoms with van der Waals surface area (Å²) >= 11 is 0. The molecular weight excluding hydrogens is 308 g/mol. The van der Waals surface area contributed by atoms with E-state index in [-0.39, 0.29) is 0 Å². The molecule has 4 nitrogen and oxygen atoms in total. The minimum Gasteiger partial charge on any atom is -0.265 e. The number of hydrogen-bond donors (Lipinski definition) is 1. The molecule has 0 unspecified atom stereocenters. The highest BCUT2D eigenvalue weighted by molar-refractivity contribution is 6.18. The Morgan fingerprint density at radius 2 is 1.68 bits per heavy atom. The van der Waals surface area contributed by atoms with Crippen LogP contribution >= 0.6 is 0 Å². The quantitative estimate of drug-likeness (QED) is 0.788. The third-order valence-electron chi connectivity index (χ3n) is 4.23. The fourth-order valence-corrected chi connectivity index (χ4v) is 2.86. The number of aryl methyl sites for hydroxylation is 1. The van der Waals surface area contributed by atoms with Crippen LogP contribution in [-0.4, -0.2) is 16.5 Å². The summed E-state index contributed by atoms with van der Waals surface area (Å²) in [4.78, 5) is 8.95. The molecule has 0 radical (unpaired) electrons. The molecule has 0 amide bonds. The van der Waals surface area contributed by atoms with Crippen molar-refractivity contribution in [2.75, 3.05) is 0 Å². The van der Waals surface area contributed by atoms with Crippen LogP contribution in [0.5, 0.6) is 0 Å². The largest absolute Gasteiger partial charge is 0.265 e. The van der Waals surface area contributed by atoms with Crippen molar-refractivity contribution in [3.63, 3.8) is 0 Å². The van der Waals surface area contributed by atoms with Gasteiger partial charge >= 0.3 is 0 Å². The molecule has 122 valence electrons. The van der Waals surface area contributed by atoms with Crippen LogP contribution in [0.15, 0.2) is 83.2 Å². The average molecular weight is 326 g/mol. The van der Waals surface area contributed by atoms with Crippen LogP contribution in [0.4, 0.5) is 5.69 Å². The van der Waals surface area contributed by atoms with Crippen LogP contribution in [0.3, 0.4) is 0 Å². The zero-order chi connectivity index (χ0) is 17.1. The van der Waals surface area contributed by atoms with E-state index in [4.69, 9.17) is 4.99 Å². The molecule has 3 aromatic rings. The topological polar surface area (TPSA) is 49.6 Å². The van der Waals surface area contributed by atoms with Gasteiger partial charge in [0.15, 0.2) is 5.84 Å². The number of fused-ring (bicyclic) bond motifs is 1. The number of nitrogens with one attached hydrogen (secondary N) is 1. The number of hydrogen-bond acceptors (Lipinski definition) is 4. The van der Waals surface area contributed by atoms with Crippen molar-refractivity contribution in [3.8, 4) is 0 Å². The van der Waals surface area contributed by atoms with Crippen molar-refractivity contribution in [3.05, 3.63) is 95.3 Å². The highest BCUT2D eigenvalue weighted by Crippen LogP contribution is 2.27. The summed E-state index contributed by atoms with van der Waals surface area (Å²) < 4.78 is 0. The Morgan fingerprint density at radius 1 is 0.880 bits per heavy atom. The molecule has 1 aliphatic heterocycles. The molecule has 1 N–H and O–H groups in total. The lowest BCUT2D eigenvalue weighted by molar-refractivity contribution is 1.03. The molecule has 4 rings (SSSR count). The number of amidine groups is 1. The van der Waals surface area contributed by atoms with Gasteiger partial charge in [0.2, 0.25) is 0 Å². The maximum atomic E-state index is 4.84. The van der Waals surface area contributed by atoms with E-state index in [0.717, 1.165) is 40.3 Å². The number of benzene rings is 2. The first-order valence-corrected chi connectivity index (χ1v) is 8.36. The number of hydrazone groups is 1. The third-order valence-corrected chi connectivity index (χ3v) is 4.23. The van der Waals surface area contributed by atoms with Crippen LogP contribution in [-0.2, 0) is 6.42 Å². The van der Waals surface area contributed by atoms with Crippen molar-refractivity contribution in [2.24, 2.45) is 10.1 Å². The highest BCUT2D eigenvalue weighted by atomic mass is 15.3. The summed E-state index contributed by atoms with van der Waals surface area (Å²) in [6.07, 6.45) is 4.54. The second-order valence-electron chi connectivity index (χ2n) is 5.84. The number of pyridine rings is 1. The fourth-order valence-electron chi connectivity index (χ4n) is 2.86. The molecule has 4 heteroatoms. The van der Waals surface area contributed by atoms with Crippen LogP contribution in [0.1, 0.15) is 29.2 Å². The first kappa shape index (κ1) is 15.3. The standard InChI is InChI=1S/C21H18N4/c1-2-15-8-9-19-18(14-15)20(16-10-12-22-13-11-16)24-25-21(23-19)17-6-4-3-5-7-17/h3-14H,2H2,1H3,(H,23,25). The minimum atomic E-state index is 0.746. The summed E-state index contributed by atoms with van der Waals surface area (Å²) in [5.41, 5.74) is 9.26. The number of aromatic nitrogens is 1. The van der Waals surface area contributed by atoms with Gasteiger partial charge in [-0.15, -0.1) is 0 Å². The van der Waals surface area contributed by atoms with E-state index in [0.29, 0.717) is 0 Å². The first-order chi connectivity index (χ1) is 12.3. The van der Waals surface area contributed by atoms with E-state index in [1.807, 2.05) is 42.5 Å². The Balaban J connectivity index is 1.89. The molecule has 1 aliphatic rings. The van der Waals surface area contributed by atoms with Crippen molar-refractivity contribution in [1.29, 1.82) is 0 Å². The van der Waals surface area contributed by atoms with E-state index < -0.39 is 0 Å². The first-order valence-electron chi connectivity index (χ1n) is 8.36. The van der Waals surface area contributed by atoms with Gasteiger partial charge in [0.25, 0.3) is 0 Å². The molecule has 0 saturated heterocycles. The summed E-state index contributed by atoms with van der Waals surface area (Å²) in [6, 6.07) is 20.4. The van der Waals surface area contributed by atoms with Gasteiger partial charge in [-0.25, -0.2) is 4.99 Å². The summed E-state index contributed by atoms with van der Waals surface area (Å²) in [5.74, 6) is 0.746. The van der Waals surface area contributed by atoms with Gasteiger partial charge in [0.05, 0.1) is 5.69 Å². The Morgan fingerprint density at radius 3 is 2.44 bits per heavy atom. The molecule has 2 heterocycles. The summed E-state index contributed by atoms with van der Waals surface area (Å²) in [7, 11) is 0. The minimum absolute atomic E-state index is 0.746. The van der Waals surface area contributed by atoms with Gasteiger partial charge in [-0.2, -0.15) is 5.10 Å². The van der Waals surface area contributed by atoms with E-state index in [1.165, 1.54) is 5.56 Å². The van der Waals surface area contributed by atoms with Gasteiger partial charge < -0.3 is 0 Å². The van der Waals surface area contributed by atoms with Crippen LogP contribution in [0.25, 0.3) is 0 Å². The zero-order valence-corrected chi connectivity index (χ0v) is 14.0. The van der Waals surface area contributed by atoms with Crippen molar-refractivity contribution < 1.29 is 0 Å². The summed E-state index contributed by atoms with van der Waals surface area (Å²) in [6.45, 7) is 2.15. The second kappa shape index (κ2) is 6.69. The second-order valence-corrected chi connectivity index (χ2v) is 5.84. The Hall–Kier alpha value is -3.27. The van der Waals surface area contributed by atoms with E-state index in [2.05, 4.69) is 40.6 Å². The molecular formula is C21H18N4. The molecule has 0 spiro atoms. The lowest BCUT2D eigenvalue weighted by Crippen LogP contribution is -2.19. The Bertz CT molecular complexity index is 944. The van der Waals surface area contributed by atoms with Crippen molar-refractivity contribution in [1.82, 2.24) is 10.4 Å². The fraction of sp³-hybridized carbons (Fsp3) is 0.0952. The maximum Gasteiger partial charge on any atom is 0.154 e. The van der Waals surface area contributed by atoms with Crippen LogP contribution < -0.4 is 5.43 Å². The zero-order valence-electron chi connectivity index (χ0n) is 14.0. The van der Waals surface area contributed by atoms with Gasteiger partial charge in [-0.3, -0.25) is 10.4 Å². The Labute approximate surface area is 147 Å². The van der Waals surface area contributed by atoms with Gasteiger partial charge in [-0.1, -0.05) is 43.3 Å². The molecule has 0 atom stereocenters. The van der Waals surface area contributed by atoms with Crippen LogP contribution in [0.2, 0.25) is 0 Å². The van der Waals surface area contributed by atoms with E-state index >= 15 is 0 Å². The Kier molecular flexibility index (Phi) is 4.09. The molecule has 1 aromatic heterocycles. The summed E-state index contributed by atoms with van der Waals surface area (Å²) in [5, 5.41) is 4.68. The van der Waals surface area contributed by atoms with Gasteiger partial charge in [0, 0.05) is 29.1 Å². The predicted octanol–water partition coefficient (Wildman–Crippen LogP) is 4.08. The molecule has 2 aromatic carbocycles. The third kappa shape index (κ3) is 3.06. The predicted molar refractivity (Wildman–Crippen MR) is 101 cm³/mol. The number of aliphatic imine (C=N–C) groups is 1. The molecule has 0 saturated carbocycles. The molecule has 0 fully saturated rings. The van der Waals surface area contributed by atoms with Gasteiger partial charge in [-0.05, 0) is 36.2 Å². The maximum absolute atomic E-state index is 4.84. The van der Waals surface area contributed by atoms with Crippen LogP contribution in [0, 0.1) is 0 Å². The monoisotopic (exact) mass is 326 g/mol. The van der Waals surface area contributed by atoms with Crippen molar-refractivity contribution in [2.45, 2.75) is 13.3 Å². The van der Waals surface area contributed by atoms with Crippen molar-refractivity contribution >= 4 is 17.2 Å². The van der Waals surface area contributed by atoms with E-state index in [1.54, 1.807) is 12.4 Å². The lowest BCUT2D eigenvalue weighted by Gasteiger charge is -2.09. The molecule has 0 bridgehead atoms. The highest BCUT2D eigenvalue weighted by Gasteiger charge is 2.17. The number of rotatable bonds is 3.